The maximum atomic E-state index is 5.56. The van der Waals surface area contributed by atoms with E-state index in [9.17, 15) is 0 Å². The molecule has 6 heteroatoms. The van der Waals surface area contributed by atoms with Gasteiger partial charge in [-0.3, -0.25) is 10.3 Å². The molecule has 1 aliphatic carbocycles. The first-order valence-electron chi connectivity index (χ1n) is 8.54. The smallest absolute Gasteiger partial charge is 0.184 e. The lowest BCUT2D eigenvalue weighted by atomic mass is 9.58. The zero-order valence-corrected chi connectivity index (χ0v) is 15.0. The molecule has 2 fully saturated rings. The molecule has 3 N–H and O–H groups in total. The number of nitrogens with zero attached hydrogens (tertiary/aromatic N) is 2. The molecule has 130 valence electrons. The summed E-state index contributed by atoms with van der Waals surface area (Å²) < 4.78 is 5.43. The molecule has 2 aliphatic rings. The molecule has 1 saturated carbocycles. The zero-order chi connectivity index (χ0) is 17.0. The summed E-state index contributed by atoms with van der Waals surface area (Å²) in [5.74, 6) is 0.472. The van der Waals surface area contributed by atoms with Gasteiger partial charge in [0.15, 0.2) is 5.11 Å². The van der Waals surface area contributed by atoms with E-state index < -0.39 is 0 Å². The summed E-state index contributed by atoms with van der Waals surface area (Å²) in [5, 5.41) is 4.74. The van der Waals surface area contributed by atoms with E-state index in [4.69, 9.17) is 22.7 Å². The lowest BCUT2D eigenvalue weighted by Gasteiger charge is -2.47. The topological polar surface area (TPSA) is 62.9 Å². The average Bonchev–Trinajstić information content (AvgIpc) is 2.57. The highest BCUT2D eigenvalue weighted by atomic mass is 32.1. The van der Waals surface area contributed by atoms with Crippen molar-refractivity contribution in [2.75, 3.05) is 32.8 Å². The number of thiocarbonyl (C=S) groups is 1. The molecule has 1 saturated heterocycles. The van der Waals surface area contributed by atoms with Gasteiger partial charge < -0.3 is 10.5 Å². The first-order valence-corrected chi connectivity index (χ1v) is 8.95. The van der Waals surface area contributed by atoms with E-state index in [-0.39, 0.29) is 10.5 Å². The van der Waals surface area contributed by atoms with E-state index in [1.165, 1.54) is 5.56 Å². The molecule has 0 bridgehead atoms. The van der Waals surface area contributed by atoms with Crippen molar-refractivity contribution in [1.29, 1.82) is 0 Å². The Hall–Kier alpha value is -1.50. The summed E-state index contributed by atoms with van der Waals surface area (Å²) in [6.07, 6.45) is 2.22. The van der Waals surface area contributed by atoms with Crippen LogP contribution in [-0.2, 0) is 10.2 Å². The molecule has 5 nitrogen and oxygen atoms in total. The number of nitrogens with two attached hydrogens (primary N) is 1. The molecule has 1 aliphatic heterocycles. The summed E-state index contributed by atoms with van der Waals surface area (Å²) in [4.78, 5) is 2.39. The van der Waals surface area contributed by atoms with Crippen LogP contribution in [0, 0.1) is 5.92 Å². The monoisotopic (exact) mass is 346 g/mol. The van der Waals surface area contributed by atoms with Crippen LogP contribution in [0.25, 0.3) is 0 Å². The maximum absolute atomic E-state index is 5.56. The van der Waals surface area contributed by atoms with Crippen LogP contribution >= 0.6 is 12.2 Å². The minimum Gasteiger partial charge on any atom is -0.379 e. The summed E-state index contributed by atoms with van der Waals surface area (Å²) in [7, 11) is 0. The second-order valence-corrected chi connectivity index (χ2v) is 7.44. The number of hydrogen-bond acceptors (Lipinski definition) is 4. The molecule has 0 unspecified atom stereocenters. The van der Waals surface area contributed by atoms with Gasteiger partial charge in [-0.25, -0.2) is 0 Å². The van der Waals surface area contributed by atoms with Gasteiger partial charge in [0.2, 0.25) is 0 Å². The normalized spacial score (nSPS) is 28.2. The summed E-state index contributed by atoms with van der Waals surface area (Å²) >= 11 is 4.91. The Kier molecular flexibility index (Phi) is 5.48. The Labute approximate surface area is 149 Å². The Morgan fingerprint density at radius 2 is 2.00 bits per heavy atom. The highest BCUT2D eigenvalue weighted by Gasteiger charge is 2.43. The minimum absolute atomic E-state index is 0.222. The minimum atomic E-state index is 0.222. The van der Waals surface area contributed by atoms with Crippen molar-refractivity contribution in [2.45, 2.75) is 25.2 Å². The second kappa shape index (κ2) is 7.59. The van der Waals surface area contributed by atoms with Crippen molar-refractivity contribution in [1.82, 2.24) is 10.3 Å². The average molecular weight is 346 g/mol. The standard InChI is InChI=1S/C18H26N4OS/c1-18(15-5-3-2-4-6-15)11-14(12-18)16(20-21-17(19)24)13-22-7-9-23-10-8-22/h2-6,14H,7-13H2,1H3,(H3,19,21,24)/b20-16-. The van der Waals surface area contributed by atoms with Crippen molar-refractivity contribution >= 4 is 23.0 Å². The van der Waals surface area contributed by atoms with E-state index in [2.05, 4.69) is 52.7 Å². The van der Waals surface area contributed by atoms with Crippen molar-refractivity contribution in [3.8, 4) is 0 Å². The predicted octanol–water partition coefficient (Wildman–Crippen LogP) is 1.88. The van der Waals surface area contributed by atoms with Gasteiger partial charge in [-0.05, 0) is 36.0 Å². The number of nitrogens with one attached hydrogen (secondary N) is 1. The summed E-state index contributed by atoms with van der Waals surface area (Å²) in [5.41, 5.74) is 11.1. The van der Waals surface area contributed by atoms with E-state index in [0.29, 0.717) is 5.92 Å². The lowest BCUT2D eigenvalue weighted by Crippen LogP contribution is -2.48. The van der Waals surface area contributed by atoms with Crippen molar-refractivity contribution in [2.24, 2.45) is 16.8 Å². The van der Waals surface area contributed by atoms with Gasteiger partial charge in [0.05, 0.1) is 18.9 Å². The van der Waals surface area contributed by atoms with Crippen LogP contribution in [-0.4, -0.2) is 48.6 Å². The third-order valence-corrected chi connectivity index (χ3v) is 5.23. The van der Waals surface area contributed by atoms with Gasteiger partial charge in [-0.1, -0.05) is 37.3 Å². The van der Waals surface area contributed by atoms with Crippen LogP contribution in [0.15, 0.2) is 35.4 Å². The quantitative estimate of drug-likeness (QED) is 0.484. The first-order chi connectivity index (χ1) is 11.6. The fourth-order valence-corrected chi connectivity index (χ4v) is 3.76. The fourth-order valence-electron chi connectivity index (χ4n) is 3.71. The van der Waals surface area contributed by atoms with Crippen LogP contribution in [0.5, 0.6) is 0 Å². The van der Waals surface area contributed by atoms with E-state index in [1.807, 2.05) is 0 Å². The number of ether oxygens (including phenoxy) is 1. The molecule has 1 aromatic rings. The van der Waals surface area contributed by atoms with E-state index in [0.717, 1.165) is 51.4 Å². The number of hydrogen-bond donors (Lipinski definition) is 2. The first kappa shape index (κ1) is 17.3. The molecule has 0 aromatic heterocycles. The molecule has 0 radical (unpaired) electrons. The predicted molar refractivity (Wildman–Crippen MR) is 101 cm³/mol. The van der Waals surface area contributed by atoms with E-state index in [1.54, 1.807) is 0 Å². The lowest BCUT2D eigenvalue weighted by molar-refractivity contribution is 0.0440. The molecular formula is C18H26N4OS. The van der Waals surface area contributed by atoms with Gasteiger partial charge in [-0.2, -0.15) is 5.10 Å². The molecule has 0 amide bonds. The third kappa shape index (κ3) is 4.12. The molecule has 0 spiro atoms. The van der Waals surface area contributed by atoms with Crippen molar-refractivity contribution < 1.29 is 4.74 Å². The van der Waals surface area contributed by atoms with Crippen LogP contribution in [0.2, 0.25) is 0 Å². The largest absolute Gasteiger partial charge is 0.379 e. The van der Waals surface area contributed by atoms with Crippen LogP contribution < -0.4 is 11.2 Å². The summed E-state index contributed by atoms with van der Waals surface area (Å²) in [6.45, 7) is 6.69. The number of rotatable bonds is 5. The fraction of sp³-hybridized carbons (Fsp3) is 0.556. The number of hydrazone groups is 1. The van der Waals surface area contributed by atoms with Gasteiger partial charge >= 0.3 is 0 Å². The molecule has 3 rings (SSSR count). The number of morpholine rings is 1. The van der Waals surface area contributed by atoms with Crippen LogP contribution in [0.3, 0.4) is 0 Å². The third-order valence-electron chi connectivity index (χ3n) is 5.13. The highest BCUT2D eigenvalue weighted by Crippen LogP contribution is 2.48. The van der Waals surface area contributed by atoms with Crippen LogP contribution in [0.1, 0.15) is 25.3 Å². The molecule has 1 heterocycles. The summed E-state index contributed by atoms with van der Waals surface area (Å²) in [6, 6.07) is 10.8. The Morgan fingerprint density at radius 1 is 1.33 bits per heavy atom. The van der Waals surface area contributed by atoms with Crippen LogP contribution in [0.4, 0.5) is 0 Å². The van der Waals surface area contributed by atoms with E-state index >= 15 is 0 Å². The Morgan fingerprint density at radius 3 is 2.62 bits per heavy atom. The maximum Gasteiger partial charge on any atom is 0.184 e. The molecule has 1 aromatic carbocycles. The van der Waals surface area contributed by atoms with Crippen molar-refractivity contribution in [3.05, 3.63) is 35.9 Å². The number of benzene rings is 1. The Bertz CT molecular complexity index is 592. The second-order valence-electron chi connectivity index (χ2n) is 7.00. The Balaban J connectivity index is 1.66. The van der Waals surface area contributed by atoms with Gasteiger partial charge in [0.25, 0.3) is 0 Å². The van der Waals surface area contributed by atoms with Gasteiger partial charge in [-0.15, -0.1) is 0 Å². The SMILES string of the molecule is CC1(c2ccccc2)CC(/C(CN2CCOCC2)=N\NC(N)=S)C1. The van der Waals surface area contributed by atoms with Gasteiger partial charge in [0, 0.05) is 25.6 Å². The molecule has 24 heavy (non-hydrogen) atoms. The van der Waals surface area contributed by atoms with Gasteiger partial charge in [0.1, 0.15) is 0 Å². The highest BCUT2D eigenvalue weighted by molar-refractivity contribution is 7.80. The molecule has 0 atom stereocenters. The van der Waals surface area contributed by atoms with Crippen molar-refractivity contribution in [3.63, 3.8) is 0 Å². The zero-order valence-electron chi connectivity index (χ0n) is 14.2. The molecular weight excluding hydrogens is 320 g/mol.